The van der Waals surface area contributed by atoms with Gasteiger partial charge in [-0.3, -0.25) is 14.5 Å². The fourth-order valence-electron chi connectivity index (χ4n) is 3.51. The van der Waals surface area contributed by atoms with E-state index in [2.05, 4.69) is 25.5 Å². The van der Waals surface area contributed by atoms with Crippen molar-refractivity contribution in [3.8, 4) is 17.2 Å². The number of benzene rings is 2. The Labute approximate surface area is 182 Å². The van der Waals surface area contributed by atoms with Crippen molar-refractivity contribution in [1.29, 1.82) is 0 Å². The summed E-state index contributed by atoms with van der Waals surface area (Å²) in [6, 6.07) is 16.8. The number of aromatic nitrogens is 5. The Morgan fingerprint density at radius 3 is 2.72 bits per heavy atom. The van der Waals surface area contributed by atoms with Gasteiger partial charge in [0.1, 0.15) is 18.1 Å². The predicted octanol–water partition coefficient (Wildman–Crippen LogP) is 3.16. The van der Waals surface area contributed by atoms with Crippen molar-refractivity contribution in [3.63, 3.8) is 0 Å². The molecule has 0 aliphatic carbocycles. The molecule has 0 saturated heterocycles. The Balaban J connectivity index is 1.44. The molecule has 0 bridgehead atoms. The van der Waals surface area contributed by atoms with E-state index >= 15 is 0 Å². The van der Waals surface area contributed by atoms with Crippen LogP contribution in [0.3, 0.4) is 0 Å². The highest BCUT2D eigenvalue weighted by molar-refractivity contribution is 6.02. The number of para-hydroxylation sites is 1. The maximum Gasteiger partial charge on any atom is 0.267 e. The number of pyridine rings is 1. The highest BCUT2D eigenvalue weighted by atomic mass is 16.5. The molecule has 2 N–H and O–H groups in total. The monoisotopic (exact) mass is 428 g/mol. The lowest BCUT2D eigenvalue weighted by Crippen LogP contribution is -2.20. The molecule has 5 rings (SSSR count). The first-order chi connectivity index (χ1) is 15.7. The maximum atomic E-state index is 13.2. The Morgan fingerprint density at radius 2 is 1.88 bits per heavy atom. The molecule has 0 spiro atoms. The number of fused-ring (bicyclic) bond motifs is 3. The van der Waals surface area contributed by atoms with Crippen LogP contribution in [-0.4, -0.2) is 45.0 Å². The first kappa shape index (κ1) is 19.6. The van der Waals surface area contributed by atoms with Gasteiger partial charge in [0.15, 0.2) is 5.65 Å². The number of anilines is 1. The predicted molar refractivity (Wildman–Crippen MR) is 122 cm³/mol. The number of aromatic amines is 1. The van der Waals surface area contributed by atoms with Crippen molar-refractivity contribution >= 4 is 27.9 Å². The van der Waals surface area contributed by atoms with E-state index in [1.54, 1.807) is 17.9 Å². The van der Waals surface area contributed by atoms with Gasteiger partial charge in [-0.05, 0) is 24.3 Å². The minimum Gasteiger partial charge on any atom is -0.497 e. The van der Waals surface area contributed by atoms with Crippen molar-refractivity contribution in [2.75, 3.05) is 25.6 Å². The van der Waals surface area contributed by atoms with Crippen molar-refractivity contribution in [2.45, 2.75) is 0 Å². The Kier molecular flexibility index (Phi) is 5.12. The van der Waals surface area contributed by atoms with Gasteiger partial charge in [-0.2, -0.15) is 10.1 Å². The molecule has 3 aromatic heterocycles. The average Bonchev–Trinajstić information content (AvgIpc) is 3.33. The molecule has 9 heteroatoms. The lowest BCUT2D eigenvalue weighted by molar-refractivity contribution is 0.329. The van der Waals surface area contributed by atoms with E-state index in [0.29, 0.717) is 46.8 Å². The van der Waals surface area contributed by atoms with E-state index in [4.69, 9.17) is 9.47 Å². The summed E-state index contributed by atoms with van der Waals surface area (Å²) >= 11 is 0. The molecular formula is C23H20N6O3. The molecule has 32 heavy (non-hydrogen) atoms. The highest BCUT2D eigenvalue weighted by Crippen LogP contribution is 2.22. The largest absolute Gasteiger partial charge is 0.497 e. The van der Waals surface area contributed by atoms with Gasteiger partial charge in [-0.25, -0.2) is 4.98 Å². The minimum absolute atomic E-state index is 0.196. The number of nitrogens with zero attached hydrogens (tertiary/aromatic N) is 4. The number of ether oxygens (including phenoxy) is 2. The fraction of sp³-hybridized carbons (Fsp3) is 0.130. The Morgan fingerprint density at radius 1 is 1.03 bits per heavy atom. The summed E-state index contributed by atoms with van der Waals surface area (Å²) in [5, 5.41) is 11.3. The molecule has 3 heterocycles. The molecule has 2 aromatic carbocycles. The molecule has 0 fully saturated rings. The zero-order valence-electron chi connectivity index (χ0n) is 17.3. The summed E-state index contributed by atoms with van der Waals surface area (Å²) in [7, 11) is 1.61. The molecule has 0 unspecified atom stereocenters. The second-order valence-corrected chi connectivity index (χ2v) is 7.02. The third-order valence-electron chi connectivity index (χ3n) is 5.03. The van der Waals surface area contributed by atoms with E-state index in [-0.39, 0.29) is 5.56 Å². The van der Waals surface area contributed by atoms with Crippen LogP contribution in [0.25, 0.3) is 27.6 Å². The molecule has 0 aliphatic rings. The second-order valence-electron chi connectivity index (χ2n) is 7.02. The summed E-state index contributed by atoms with van der Waals surface area (Å²) in [6.07, 6.45) is 3.21. The smallest absolute Gasteiger partial charge is 0.267 e. The molecule has 0 saturated carbocycles. The van der Waals surface area contributed by atoms with E-state index in [0.717, 1.165) is 11.4 Å². The van der Waals surface area contributed by atoms with Gasteiger partial charge < -0.3 is 14.8 Å². The van der Waals surface area contributed by atoms with Crippen LogP contribution >= 0.6 is 0 Å². The topological polar surface area (TPSA) is 107 Å². The van der Waals surface area contributed by atoms with Crippen molar-refractivity contribution < 1.29 is 9.47 Å². The summed E-state index contributed by atoms with van der Waals surface area (Å²) < 4.78 is 12.5. The van der Waals surface area contributed by atoms with Gasteiger partial charge in [-0.15, -0.1) is 0 Å². The van der Waals surface area contributed by atoms with Crippen LogP contribution in [0.2, 0.25) is 0 Å². The van der Waals surface area contributed by atoms with Crippen molar-refractivity contribution in [3.05, 3.63) is 77.3 Å². The van der Waals surface area contributed by atoms with Gasteiger partial charge in [0, 0.05) is 12.3 Å². The zero-order valence-corrected chi connectivity index (χ0v) is 17.3. The summed E-state index contributed by atoms with van der Waals surface area (Å²) in [6.45, 7) is 0.879. The average molecular weight is 428 g/mol. The Hall–Kier alpha value is -4.40. The number of rotatable bonds is 7. The van der Waals surface area contributed by atoms with E-state index < -0.39 is 0 Å². The first-order valence-electron chi connectivity index (χ1n) is 10.1. The summed E-state index contributed by atoms with van der Waals surface area (Å²) in [4.78, 5) is 22.2. The van der Waals surface area contributed by atoms with Gasteiger partial charge in [0.05, 0.1) is 41.8 Å². The standard InChI is InChI=1S/C23H20N6O3/c1-31-16-8-5-9-17(12-16)32-11-10-24-23-25-13-18-20-19(14-26-28-20)22(30)29(21(18)27-23)15-6-3-2-4-7-15/h2-9,12-14H,10-11H2,1H3,(H,26,28)(H,24,25,27). The molecular weight excluding hydrogens is 408 g/mol. The number of hydrogen-bond acceptors (Lipinski definition) is 7. The van der Waals surface area contributed by atoms with Crippen LogP contribution in [0, 0.1) is 0 Å². The van der Waals surface area contributed by atoms with Gasteiger partial charge in [-0.1, -0.05) is 24.3 Å². The van der Waals surface area contributed by atoms with Crippen molar-refractivity contribution in [1.82, 2.24) is 24.7 Å². The molecule has 0 amide bonds. The third-order valence-corrected chi connectivity index (χ3v) is 5.03. The van der Waals surface area contributed by atoms with Crippen LogP contribution in [0.15, 0.2) is 71.8 Å². The lowest BCUT2D eigenvalue weighted by Gasteiger charge is -2.12. The lowest BCUT2D eigenvalue weighted by atomic mass is 10.2. The SMILES string of the molecule is COc1cccc(OCCNc2ncc3c4[nH]ncc4c(=O)n(-c4ccccc4)c3n2)c1. The number of hydrogen-bond donors (Lipinski definition) is 2. The molecule has 0 radical (unpaired) electrons. The first-order valence-corrected chi connectivity index (χ1v) is 10.1. The highest BCUT2D eigenvalue weighted by Gasteiger charge is 2.16. The molecule has 160 valence electrons. The van der Waals surface area contributed by atoms with Crippen LogP contribution in [0.1, 0.15) is 0 Å². The maximum absolute atomic E-state index is 13.2. The fourth-order valence-corrected chi connectivity index (χ4v) is 3.51. The second kappa shape index (κ2) is 8.38. The molecule has 9 nitrogen and oxygen atoms in total. The summed E-state index contributed by atoms with van der Waals surface area (Å²) in [5.74, 6) is 1.84. The van der Waals surface area contributed by atoms with Crippen LogP contribution in [-0.2, 0) is 0 Å². The summed E-state index contributed by atoms with van der Waals surface area (Å²) in [5.41, 5.74) is 1.63. The minimum atomic E-state index is -0.196. The number of methoxy groups -OCH3 is 1. The molecule has 0 atom stereocenters. The number of nitrogens with one attached hydrogen (secondary N) is 2. The van der Waals surface area contributed by atoms with E-state index in [1.165, 1.54) is 6.20 Å². The third kappa shape index (κ3) is 3.60. The molecule has 5 aromatic rings. The van der Waals surface area contributed by atoms with Gasteiger partial charge in [0.2, 0.25) is 5.95 Å². The normalized spacial score (nSPS) is 11.0. The van der Waals surface area contributed by atoms with Gasteiger partial charge >= 0.3 is 0 Å². The quantitative estimate of drug-likeness (QED) is 0.384. The Bertz CT molecular complexity index is 1450. The van der Waals surface area contributed by atoms with Crippen LogP contribution in [0.5, 0.6) is 11.5 Å². The van der Waals surface area contributed by atoms with Crippen molar-refractivity contribution in [2.24, 2.45) is 0 Å². The number of H-pyrrole nitrogens is 1. The van der Waals surface area contributed by atoms with Crippen LogP contribution < -0.4 is 20.3 Å². The molecule has 0 aliphatic heterocycles. The van der Waals surface area contributed by atoms with Gasteiger partial charge in [0.25, 0.3) is 5.56 Å². The van der Waals surface area contributed by atoms with E-state index in [1.807, 2.05) is 54.6 Å². The zero-order chi connectivity index (χ0) is 21.9. The van der Waals surface area contributed by atoms with Crippen LogP contribution in [0.4, 0.5) is 5.95 Å². The van der Waals surface area contributed by atoms with E-state index in [9.17, 15) is 4.79 Å².